The Bertz CT molecular complexity index is 717. The molecule has 2 rings (SSSR count). The number of piperidine rings is 1. The largest absolute Gasteiger partial charge is 0.243 e. The van der Waals surface area contributed by atoms with Crippen LogP contribution < -0.4 is 0 Å². The number of aryl methyl sites for hydroxylation is 1. The van der Waals surface area contributed by atoms with E-state index in [-0.39, 0.29) is 5.92 Å². The average molecular weight is 360 g/mol. The van der Waals surface area contributed by atoms with Crippen molar-refractivity contribution in [2.45, 2.75) is 38.0 Å². The van der Waals surface area contributed by atoms with Crippen LogP contribution in [0.3, 0.4) is 0 Å². The molecule has 3 nitrogen and oxygen atoms in total. The van der Waals surface area contributed by atoms with E-state index in [1.54, 1.807) is 16.4 Å². The molecule has 0 aromatic heterocycles. The molecule has 4 heteroatoms. The zero-order valence-electron chi connectivity index (χ0n) is 15.3. The van der Waals surface area contributed by atoms with Crippen molar-refractivity contribution in [2.75, 3.05) is 13.1 Å². The van der Waals surface area contributed by atoms with Gasteiger partial charge in [-0.15, -0.1) is 6.58 Å². The molecule has 1 heterocycles. The number of hydrogen-bond acceptors (Lipinski definition) is 2. The third-order valence-electron chi connectivity index (χ3n) is 4.74. The maximum atomic E-state index is 13.0. The molecule has 0 saturated carbocycles. The Hall–Kier alpha value is -1.65. The van der Waals surface area contributed by atoms with E-state index in [1.807, 2.05) is 37.3 Å². The molecule has 0 spiro atoms. The molecule has 25 heavy (non-hydrogen) atoms. The van der Waals surface area contributed by atoms with Crippen LogP contribution in [0.4, 0.5) is 0 Å². The second-order valence-corrected chi connectivity index (χ2v) is 8.57. The van der Waals surface area contributed by atoms with E-state index in [9.17, 15) is 8.42 Å². The van der Waals surface area contributed by atoms with Crippen LogP contribution in [0, 0.1) is 18.8 Å². The van der Waals surface area contributed by atoms with Crippen LogP contribution in [0.1, 0.15) is 31.7 Å². The number of nitrogens with zero attached hydrogens (tertiary/aromatic N) is 1. The monoisotopic (exact) mass is 359 g/mol. The van der Waals surface area contributed by atoms with Crippen LogP contribution >= 0.6 is 0 Å². The second-order valence-electron chi connectivity index (χ2n) is 6.63. The highest BCUT2D eigenvalue weighted by atomic mass is 32.2. The standard InChI is InChI=1S/C21H29NO2S/c1-4-6-7-8-10-20-17-22(16-15-19(20)9-5-2)25(23,24)21-13-11-18(3)12-14-21/h5-8,10-14,19-20H,2,4,9,15-17H2,1,3H3/b7-6+,10-8+/t19-,20-/m1/s1. The highest BCUT2D eigenvalue weighted by Gasteiger charge is 2.33. The lowest BCUT2D eigenvalue weighted by Crippen LogP contribution is -2.43. The summed E-state index contributed by atoms with van der Waals surface area (Å²) in [6.45, 7) is 9.02. The Balaban J connectivity index is 2.19. The van der Waals surface area contributed by atoms with Crippen LogP contribution in [0.5, 0.6) is 0 Å². The van der Waals surface area contributed by atoms with E-state index < -0.39 is 10.0 Å². The Morgan fingerprint density at radius 2 is 1.96 bits per heavy atom. The van der Waals surface area contributed by atoms with Crippen LogP contribution in [-0.2, 0) is 10.0 Å². The molecule has 0 amide bonds. The molecule has 1 aliphatic rings. The van der Waals surface area contributed by atoms with Crippen LogP contribution in [0.2, 0.25) is 0 Å². The van der Waals surface area contributed by atoms with Gasteiger partial charge in [-0.3, -0.25) is 0 Å². The molecule has 1 aromatic rings. The summed E-state index contributed by atoms with van der Waals surface area (Å²) < 4.78 is 27.5. The summed E-state index contributed by atoms with van der Waals surface area (Å²) in [4.78, 5) is 0.383. The molecule has 0 radical (unpaired) electrons. The molecule has 0 N–H and O–H groups in total. The quantitative estimate of drug-likeness (QED) is 0.522. The van der Waals surface area contributed by atoms with E-state index in [2.05, 4.69) is 25.7 Å². The number of sulfonamides is 1. The summed E-state index contributed by atoms with van der Waals surface area (Å²) in [6, 6.07) is 7.11. The summed E-state index contributed by atoms with van der Waals surface area (Å²) in [7, 11) is -3.43. The third-order valence-corrected chi connectivity index (χ3v) is 6.62. The summed E-state index contributed by atoms with van der Waals surface area (Å²) in [5.74, 6) is 0.668. The molecule has 1 aliphatic heterocycles. The minimum Gasteiger partial charge on any atom is -0.207 e. The van der Waals surface area contributed by atoms with Crippen molar-refractivity contribution in [3.8, 4) is 0 Å². The minimum absolute atomic E-state index is 0.216. The van der Waals surface area contributed by atoms with Crippen molar-refractivity contribution in [1.29, 1.82) is 0 Å². The number of rotatable bonds is 7. The molecule has 1 fully saturated rings. The lowest BCUT2D eigenvalue weighted by molar-refractivity contribution is 0.220. The molecule has 136 valence electrons. The van der Waals surface area contributed by atoms with Gasteiger partial charge in [0.05, 0.1) is 4.90 Å². The van der Waals surface area contributed by atoms with Gasteiger partial charge in [0.1, 0.15) is 0 Å². The minimum atomic E-state index is -3.43. The maximum absolute atomic E-state index is 13.0. The van der Waals surface area contributed by atoms with E-state index in [0.29, 0.717) is 23.9 Å². The zero-order chi connectivity index (χ0) is 18.3. The van der Waals surface area contributed by atoms with E-state index >= 15 is 0 Å². The van der Waals surface area contributed by atoms with Crippen molar-refractivity contribution in [1.82, 2.24) is 4.31 Å². The first-order valence-electron chi connectivity index (χ1n) is 9.00. The smallest absolute Gasteiger partial charge is 0.207 e. The maximum Gasteiger partial charge on any atom is 0.243 e. The second kappa shape index (κ2) is 9.16. The topological polar surface area (TPSA) is 37.4 Å². The molecule has 0 unspecified atom stereocenters. The van der Waals surface area contributed by atoms with Crippen LogP contribution in [-0.4, -0.2) is 25.8 Å². The fourth-order valence-electron chi connectivity index (χ4n) is 3.22. The molecule has 1 aromatic carbocycles. The van der Waals surface area contributed by atoms with Gasteiger partial charge in [0, 0.05) is 13.1 Å². The third kappa shape index (κ3) is 5.16. The molecule has 2 atom stereocenters. The van der Waals surface area contributed by atoms with Gasteiger partial charge in [0.15, 0.2) is 0 Å². The van der Waals surface area contributed by atoms with Gasteiger partial charge >= 0.3 is 0 Å². The van der Waals surface area contributed by atoms with Gasteiger partial charge in [0.25, 0.3) is 0 Å². The lowest BCUT2D eigenvalue weighted by atomic mass is 9.84. The Kier molecular flexibility index (Phi) is 7.21. The summed E-state index contributed by atoms with van der Waals surface area (Å²) >= 11 is 0. The van der Waals surface area contributed by atoms with E-state index in [1.165, 1.54) is 0 Å². The van der Waals surface area contributed by atoms with Crippen LogP contribution in [0.15, 0.2) is 66.1 Å². The average Bonchev–Trinajstić information content (AvgIpc) is 2.60. The number of hydrogen-bond donors (Lipinski definition) is 0. The zero-order valence-corrected chi connectivity index (χ0v) is 16.1. The predicted molar refractivity (Wildman–Crippen MR) is 105 cm³/mol. The van der Waals surface area contributed by atoms with Gasteiger partial charge in [-0.25, -0.2) is 8.42 Å². The predicted octanol–water partition coefficient (Wildman–Crippen LogP) is 4.72. The molecule has 1 saturated heterocycles. The first-order chi connectivity index (χ1) is 12.0. The van der Waals surface area contributed by atoms with Gasteiger partial charge in [-0.05, 0) is 50.2 Å². The van der Waals surface area contributed by atoms with Crippen molar-refractivity contribution in [2.24, 2.45) is 11.8 Å². The van der Waals surface area contributed by atoms with Crippen molar-refractivity contribution in [3.05, 3.63) is 66.8 Å². The number of benzene rings is 1. The Labute approximate surface area is 152 Å². The first-order valence-corrected chi connectivity index (χ1v) is 10.4. The van der Waals surface area contributed by atoms with Gasteiger partial charge in [-0.2, -0.15) is 4.31 Å². The van der Waals surface area contributed by atoms with Crippen molar-refractivity contribution in [3.63, 3.8) is 0 Å². The molecular formula is C21H29NO2S. The molecular weight excluding hydrogens is 330 g/mol. The normalized spacial score (nSPS) is 22.6. The van der Waals surface area contributed by atoms with Crippen molar-refractivity contribution >= 4 is 10.0 Å². The summed E-state index contributed by atoms with van der Waals surface area (Å²) in [5, 5.41) is 0. The first kappa shape index (κ1) is 19.7. The summed E-state index contributed by atoms with van der Waals surface area (Å²) in [5.41, 5.74) is 1.06. The highest BCUT2D eigenvalue weighted by molar-refractivity contribution is 7.89. The number of allylic oxidation sites excluding steroid dienone is 4. The highest BCUT2D eigenvalue weighted by Crippen LogP contribution is 2.31. The van der Waals surface area contributed by atoms with Gasteiger partial charge in [0.2, 0.25) is 10.0 Å². The van der Waals surface area contributed by atoms with E-state index in [0.717, 1.165) is 24.8 Å². The van der Waals surface area contributed by atoms with Gasteiger partial charge in [-0.1, -0.05) is 55.0 Å². The summed E-state index contributed by atoms with van der Waals surface area (Å²) in [6.07, 6.45) is 13.1. The van der Waals surface area contributed by atoms with Crippen LogP contribution in [0.25, 0.3) is 0 Å². The SMILES string of the molecule is C=CC[C@@H]1CCN(S(=O)(=O)c2ccc(C)cc2)C[C@H]1/C=C/C=C/CC. The Morgan fingerprint density at radius 1 is 1.24 bits per heavy atom. The van der Waals surface area contributed by atoms with E-state index in [4.69, 9.17) is 0 Å². The molecule has 0 aliphatic carbocycles. The fourth-order valence-corrected chi connectivity index (χ4v) is 4.72. The fraction of sp³-hybridized carbons (Fsp3) is 0.429. The lowest BCUT2D eigenvalue weighted by Gasteiger charge is -2.36. The van der Waals surface area contributed by atoms with Crippen molar-refractivity contribution < 1.29 is 8.42 Å². The molecule has 0 bridgehead atoms. The Morgan fingerprint density at radius 3 is 2.60 bits per heavy atom. The van der Waals surface area contributed by atoms with Gasteiger partial charge < -0.3 is 0 Å².